The van der Waals surface area contributed by atoms with Crippen LogP contribution in [0.25, 0.3) is 10.2 Å². The van der Waals surface area contributed by atoms with Crippen LogP contribution in [-0.4, -0.2) is 46.9 Å². The quantitative estimate of drug-likeness (QED) is 0.608. The molecule has 142 valence electrons. The summed E-state index contributed by atoms with van der Waals surface area (Å²) < 4.78 is 1.24. The van der Waals surface area contributed by atoms with Gasteiger partial charge in [-0.25, -0.2) is 4.98 Å². The van der Waals surface area contributed by atoms with E-state index >= 15 is 0 Å². The Morgan fingerprint density at radius 3 is 2.96 bits per heavy atom. The zero-order valence-corrected chi connectivity index (χ0v) is 17.3. The van der Waals surface area contributed by atoms with E-state index in [4.69, 9.17) is 4.98 Å². The number of likely N-dealkylation sites (tertiary alicyclic amines) is 1. The van der Waals surface area contributed by atoms with E-state index in [2.05, 4.69) is 52.4 Å². The van der Waals surface area contributed by atoms with E-state index in [9.17, 15) is 4.79 Å². The van der Waals surface area contributed by atoms with Crippen LogP contribution in [0.3, 0.4) is 0 Å². The number of thiophene rings is 1. The molecule has 0 unspecified atom stereocenters. The summed E-state index contributed by atoms with van der Waals surface area (Å²) in [6.07, 6.45) is 2.18. The van der Waals surface area contributed by atoms with Crippen LogP contribution in [0.2, 0.25) is 0 Å². The Bertz CT molecular complexity index is 857. The molecule has 1 aromatic carbocycles. The van der Waals surface area contributed by atoms with Crippen molar-refractivity contribution in [3.05, 3.63) is 51.7 Å². The number of amides is 1. The van der Waals surface area contributed by atoms with Crippen LogP contribution in [0.5, 0.6) is 0 Å². The number of thiazole rings is 1. The molecule has 1 amide bonds. The van der Waals surface area contributed by atoms with Crippen molar-refractivity contribution in [1.29, 1.82) is 0 Å². The van der Waals surface area contributed by atoms with E-state index in [0.717, 1.165) is 44.5 Å². The molecule has 2 aromatic heterocycles. The van der Waals surface area contributed by atoms with Gasteiger partial charge < -0.3 is 4.90 Å². The molecular weight excluding hydrogens is 374 g/mol. The summed E-state index contributed by atoms with van der Waals surface area (Å²) in [6.45, 7) is 6.04. The summed E-state index contributed by atoms with van der Waals surface area (Å²) >= 11 is 3.54. The van der Waals surface area contributed by atoms with Crippen LogP contribution in [0.15, 0.2) is 41.8 Å². The van der Waals surface area contributed by atoms with Gasteiger partial charge in [-0.15, -0.1) is 22.7 Å². The first-order valence-corrected chi connectivity index (χ1v) is 11.3. The third-order valence-corrected chi connectivity index (χ3v) is 7.26. The lowest BCUT2D eigenvalue weighted by Gasteiger charge is -2.33. The molecule has 1 fully saturated rings. The van der Waals surface area contributed by atoms with Gasteiger partial charge in [0, 0.05) is 30.4 Å². The van der Waals surface area contributed by atoms with Gasteiger partial charge in [0.1, 0.15) is 0 Å². The van der Waals surface area contributed by atoms with Gasteiger partial charge in [0.2, 0.25) is 5.91 Å². The zero-order chi connectivity index (χ0) is 18.6. The van der Waals surface area contributed by atoms with Gasteiger partial charge in [-0.2, -0.15) is 0 Å². The topological polar surface area (TPSA) is 36.4 Å². The van der Waals surface area contributed by atoms with Gasteiger partial charge >= 0.3 is 0 Å². The second-order valence-electron chi connectivity index (χ2n) is 7.08. The number of piperidine rings is 1. The summed E-state index contributed by atoms with van der Waals surface area (Å²) in [5.41, 5.74) is 1.08. The molecule has 0 saturated carbocycles. The SMILES string of the molecule is CCN(CC(=O)N1CCC[C@@H](c2nc3ccccc3s2)C1)Cc1cccs1. The molecule has 1 saturated heterocycles. The van der Waals surface area contributed by atoms with Crippen LogP contribution in [0, 0.1) is 0 Å². The molecule has 4 rings (SSSR count). The number of fused-ring (bicyclic) bond motifs is 1. The third-order valence-electron chi connectivity index (χ3n) is 5.20. The first kappa shape index (κ1) is 18.6. The number of hydrogen-bond acceptors (Lipinski definition) is 5. The zero-order valence-electron chi connectivity index (χ0n) is 15.6. The average Bonchev–Trinajstić information content (AvgIpc) is 3.37. The molecule has 6 heteroatoms. The first-order valence-electron chi connectivity index (χ1n) is 9.61. The number of hydrogen-bond donors (Lipinski definition) is 0. The number of carbonyl (C=O) groups is 1. The summed E-state index contributed by atoms with van der Waals surface area (Å²) in [4.78, 5) is 23.3. The van der Waals surface area contributed by atoms with Gasteiger partial charge in [-0.1, -0.05) is 25.1 Å². The Morgan fingerprint density at radius 1 is 1.30 bits per heavy atom. The van der Waals surface area contributed by atoms with Crippen LogP contribution in [0.4, 0.5) is 0 Å². The molecule has 0 bridgehead atoms. The minimum atomic E-state index is 0.249. The Labute approximate surface area is 168 Å². The van der Waals surface area contributed by atoms with E-state index in [1.54, 1.807) is 22.7 Å². The highest BCUT2D eigenvalue weighted by molar-refractivity contribution is 7.18. The Balaban J connectivity index is 1.40. The molecule has 0 aliphatic carbocycles. The summed E-state index contributed by atoms with van der Waals surface area (Å²) in [6, 6.07) is 12.5. The van der Waals surface area contributed by atoms with Crippen molar-refractivity contribution in [3.63, 3.8) is 0 Å². The molecule has 0 N–H and O–H groups in total. The first-order chi connectivity index (χ1) is 13.2. The fourth-order valence-corrected chi connectivity index (χ4v) is 5.50. The lowest BCUT2D eigenvalue weighted by Crippen LogP contribution is -2.44. The average molecular weight is 400 g/mol. The fourth-order valence-electron chi connectivity index (χ4n) is 3.66. The minimum Gasteiger partial charge on any atom is -0.341 e. The van der Waals surface area contributed by atoms with Gasteiger partial charge in [0.25, 0.3) is 0 Å². The molecule has 1 atom stereocenters. The molecule has 0 spiro atoms. The maximum absolute atomic E-state index is 12.9. The van der Waals surface area contributed by atoms with Gasteiger partial charge in [0.15, 0.2) is 0 Å². The van der Waals surface area contributed by atoms with Crippen LogP contribution in [-0.2, 0) is 11.3 Å². The smallest absolute Gasteiger partial charge is 0.236 e. The third kappa shape index (κ3) is 4.39. The molecule has 4 nitrogen and oxygen atoms in total. The number of benzene rings is 1. The lowest BCUT2D eigenvalue weighted by molar-refractivity contribution is -0.133. The lowest BCUT2D eigenvalue weighted by atomic mass is 9.98. The number of rotatable bonds is 6. The second-order valence-corrected chi connectivity index (χ2v) is 9.18. The highest BCUT2D eigenvalue weighted by Crippen LogP contribution is 2.33. The highest BCUT2D eigenvalue weighted by Gasteiger charge is 2.27. The predicted octanol–water partition coefficient (Wildman–Crippen LogP) is 4.59. The van der Waals surface area contributed by atoms with Gasteiger partial charge in [-0.05, 0) is 43.0 Å². The van der Waals surface area contributed by atoms with Gasteiger partial charge in [-0.3, -0.25) is 9.69 Å². The van der Waals surface area contributed by atoms with Crippen LogP contribution in [0.1, 0.15) is 35.6 Å². The summed E-state index contributed by atoms with van der Waals surface area (Å²) in [5, 5.41) is 3.28. The second kappa shape index (κ2) is 8.50. The van der Waals surface area contributed by atoms with E-state index < -0.39 is 0 Å². The minimum absolute atomic E-state index is 0.249. The van der Waals surface area contributed by atoms with E-state index in [0.29, 0.717) is 12.5 Å². The van der Waals surface area contributed by atoms with Crippen molar-refractivity contribution in [2.45, 2.75) is 32.2 Å². The van der Waals surface area contributed by atoms with Crippen molar-refractivity contribution in [1.82, 2.24) is 14.8 Å². The largest absolute Gasteiger partial charge is 0.341 e. The maximum Gasteiger partial charge on any atom is 0.236 e. The van der Waals surface area contributed by atoms with Crippen LogP contribution < -0.4 is 0 Å². The number of aromatic nitrogens is 1. The van der Waals surface area contributed by atoms with Crippen molar-refractivity contribution in [3.8, 4) is 0 Å². The van der Waals surface area contributed by atoms with Gasteiger partial charge in [0.05, 0.1) is 21.8 Å². The van der Waals surface area contributed by atoms with Crippen molar-refractivity contribution in [2.24, 2.45) is 0 Å². The van der Waals surface area contributed by atoms with E-state index in [1.165, 1.54) is 14.6 Å². The molecule has 1 aliphatic heterocycles. The van der Waals surface area contributed by atoms with Crippen molar-refractivity contribution < 1.29 is 4.79 Å². The van der Waals surface area contributed by atoms with Crippen LogP contribution >= 0.6 is 22.7 Å². The Morgan fingerprint density at radius 2 is 2.19 bits per heavy atom. The summed E-state index contributed by atoms with van der Waals surface area (Å²) in [5.74, 6) is 0.617. The van der Waals surface area contributed by atoms with Crippen molar-refractivity contribution >= 4 is 38.8 Å². The predicted molar refractivity (Wildman–Crippen MR) is 113 cm³/mol. The highest BCUT2D eigenvalue weighted by atomic mass is 32.1. The number of nitrogens with zero attached hydrogens (tertiary/aromatic N) is 3. The molecule has 3 heterocycles. The number of carbonyl (C=O) groups excluding carboxylic acids is 1. The Kier molecular flexibility index (Phi) is 5.86. The maximum atomic E-state index is 12.9. The number of likely N-dealkylation sites (N-methyl/N-ethyl adjacent to an activating group) is 1. The summed E-state index contributed by atoms with van der Waals surface area (Å²) in [7, 11) is 0. The van der Waals surface area contributed by atoms with Crippen molar-refractivity contribution in [2.75, 3.05) is 26.2 Å². The fraction of sp³-hybridized carbons (Fsp3) is 0.429. The molecule has 0 radical (unpaired) electrons. The monoisotopic (exact) mass is 399 g/mol. The molecule has 1 aliphatic rings. The molecule has 3 aromatic rings. The van der Waals surface area contributed by atoms with E-state index in [-0.39, 0.29) is 5.91 Å². The Hall–Kier alpha value is -1.76. The molecule has 27 heavy (non-hydrogen) atoms. The van der Waals surface area contributed by atoms with E-state index in [1.807, 2.05) is 6.07 Å². The number of para-hydroxylation sites is 1. The molecular formula is C21H25N3OS2. The normalized spacial score (nSPS) is 17.7. The standard InChI is InChI=1S/C21H25N3OS2/c1-2-23(14-17-8-6-12-26-17)15-20(25)24-11-5-7-16(13-24)21-22-18-9-3-4-10-19(18)27-21/h3-4,6,8-10,12,16H,2,5,7,11,13-15H2,1H3/t16-/m1/s1.